The van der Waals surface area contributed by atoms with Crippen LogP contribution in [0.5, 0.6) is 23.0 Å². The zero-order valence-electron chi connectivity index (χ0n) is 33.5. The van der Waals surface area contributed by atoms with Crippen molar-refractivity contribution >= 4 is 45.6 Å². The summed E-state index contributed by atoms with van der Waals surface area (Å²) in [5, 5.41) is 30.5. The van der Waals surface area contributed by atoms with Crippen LogP contribution in [0.25, 0.3) is 0 Å². The van der Waals surface area contributed by atoms with Crippen molar-refractivity contribution in [1.82, 2.24) is 0 Å². The van der Waals surface area contributed by atoms with E-state index in [0.29, 0.717) is 39.8 Å². The van der Waals surface area contributed by atoms with Gasteiger partial charge in [0.15, 0.2) is 17.5 Å². The van der Waals surface area contributed by atoms with Gasteiger partial charge >= 0.3 is 23.9 Å². The van der Waals surface area contributed by atoms with Gasteiger partial charge in [0.25, 0.3) is 0 Å². The number of phenols is 1. The molecule has 3 aromatic rings. The Hall–Kier alpha value is -5.43. The Morgan fingerprint density at radius 3 is 1.75 bits per heavy atom. The summed E-state index contributed by atoms with van der Waals surface area (Å²) in [5.41, 5.74) is 3.69. The summed E-state index contributed by atoms with van der Waals surface area (Å²) in [6, 6.07) is 2.90. The van der Waals surface area contributed by atoms with E-state index in [4.69, 9.17) is 18.9 Å². The van der Waals surface area contributed by atoms with Crippen LogP contribution in [-0.2, 0) is 20.7 Å². The van der Waals surface area contributed by atoms with Crippen molar-refractivity contribution in [2.75, 3.05) is 7.11 Å². The van der Waals surface area contributed by atoms with Crippen molar-refractivity contribution < 1.29 is 58.2 Å². The molecule has 0 aliphatic heterocycles. The summed E-state index contributed by atoms with van der Waals surface area (Å²) in [6.45, 7) is 21.2. The van der Waals surface area contributed by atoms with Crippen LogP contribution in [0, 0.1) is 54.4 Å². The number of aliphatic hydroxyl groups is 1. The second-order valence-electron chi connectivity index (χ2n) is 12.0. The highest BCUT2D eigenvalue weighted by Gasteiger charge is 2.37. The lowest BCUT2D eigenvalue weighted by Crippen LogP contribution is -2.32. The molecule has 0 aromatic heterocycles. The average Bonchev–Trinajstić information content (AvgIpc) is 3.14. The van der Waals surface area contributed by atoms with Gasteiger partial charge in [-0.15, -0.1) is 0 Å². The molecule has 1 aliphatic rings. The number of aromatic carboxylic acids is 1. The van der Waals surface area contributed by atoms with E-state index in [-0.39, 0.29) is 61.1 Å². The quantitative estimate of drug-likeness (QED) is 0.106. The first-order chi connectivity index (χ1) is 25.9. The number of ketones is 1. The maximum atomic E-state index is 13.6. The highest BCUT2D eigenvalue weighted by Crippen LogP contribution is 2.43. The van der Waals surface area contributed by atoms with Crippen molar-refractivity contribution in [2.24, 2.45) is 5.92 Å². The number of aliphatic hydroxyl groups excluding tert-OH is 1. The van der Waals surface area contributed by atoms with Crippen molar-refractivity contribution in [3.63, 3.8) is 0 Å². The Labute approximate surface area is 329 Å². The molecule has 0 saturated carbocycles. The van der Waals surface area contributed by atoms with Gasteiger partial charge < -0.3 is 34.3 Å². The van der Waals surface area contributed by atoms with E-state index in [1.807, 2.05) is 34.6 Å². The average molecular weight is 826 g/mol. The van der Waals surface area contributed by atoms with Crippen LogP contribution in [0.4, 0.5) is 0 Å². The first-order valence-electron chi connectivity index (χ1n) is 17.7. The SMILES string of the molecule is CC.CC.CCc1c(OC(=O)c2c(C)c(C)c(OC(=O)C3C(=O)C=C(O)C=C3OC)c(Br)c2O)ccc(C(=O)Oc2c(C)c(C)c(C(=O)O)c(C)c2C)c1C. The number of methoxy groups -OCH3 is 1. The molecule has 0 saturated heterocycles. The number of rotatable bonds is 9. The first-order valence-corrected chi connectivity index (χ1v) is 18.5. The molecular formula is C42H49BrO12. The van der Waals surface area contributed by atoms with Crippen molar-refractivity contribution in [1.29, 1.82) is 0 Å². The minimum atomic E-state index is -1.50. The Bertz CT molecular complexity index is 2050. The van der Waals surface area contributed by atoms with Gasteiger partial charge in [-0.3, -0.25) is 9.59 Å². The molecule has 0 amide bonds. The molecular weight excluding hydrogens is 776 g/mol. The zero-order chi connectivity index (χ0) is 42.2. The minimum absolute atomic E-state index is 0.133. The monoisotopic (exact) mass is 824 g/mol. The highest BCUT2D eigenvalue weighted by atomic mass is 79.9. The number of ether oxygens (including phenoxy) is 4. The number of esters is 3. The largest absolute Gasteiger partial charge is 0.508 e. The van der Waals surface area contributed by atoms with Crippen molar-refractivity contribution in [3.05, 3.63) is 101 Å². The number of carbonyl (C=O) groups is 5. The van der Waals surface area contributed by atoms with Gasteiger partial charge in [0.2, 0.25) is 0 Å². The maximum Gasteiger partial charge on any atom is 0.347 e. The molecule has 1 unspecified atom stereocenters. The fraction of sp³-hybridized carbons (Fsp3) is 0.357. The molecule has 0 spiro atoms. The van der Waals surface area contributed by atoms with Gasteiger partial charge in [0.05, 0.1) is 18.2 Å². The van der Waals surface area contributed by atoms with E-state index in [1.54, 1.807) is 41.5 Å². The van der Waals surface area contributed by atoms with Crippen molar-refractivity contribution in [2.45, 2.75) is 89.5 Å². The van der Waals surface area contributed by atoms with Crippen LogP contribution in [0.2, 0.25) is 0 Å². The van der Waals surface area contributed by atoms with Gasteiger partial charge in [0.1, 0.15) is 38.8 Å². The molecule has 12 nitrogen and oxygen atoms in total. The summed E-state index contributed by atoms with van der Waals surface area (Å²) in [6.07, 6.45) is 2.33. The van der Waals surface area contributed by atoms with E-state index >= 15 is 0 Å². The molecule has 1 atom stereocenters. The predicted molar refractivity (Wildman–Crippen MR) is 211 cm³/mol. The molecule has 1 aliphatic carbocycles. The number of allylic oxidation sites excluding steroid dienone is 2. The van der Waals surface area contributed by atoms with Gasteiger partial charge in [-0.05, 0) is 127 Å². The summed E-state index contributed by atoms with van der Waals surface area (Å²) in [7, 11) is 1.23. The number of hydrogen-bond acceptors (Lipinski definition) is 11. The standard InChI is InChI=1S/C38H37BrO12.2C2H6/c1-10-23-21(8)24(36(45)50-33-18(5)15(2)28(35(43)44)16(3)19(33)6)11-12-26(23)49-37(46)29-17(4)20(7)34(31(39)32(29)42)51-38(47)30-25(41)13-22(40)14-27(30)48-9;2*1-2/h11-14,30,40,42H,10H2,1-9H3,(H,43,44);2*1-2H3. The van der Waals surface area contributed by atoms with E-state index in [9.17, 15) is 39.3 Å². The molecule has 0 bridgehead atoms. The first kappa shape index (κ1) is 45.7. The van der Waals surface area contributed by atoms with Gasteiger partial charge in [0, 0.05) is 12.2 Å². The number of carbonyl (C=O) groups excluding carboxylic acids is 4. The van der Waals surface area contributed by atoms with Crippen LogP contribution in [0.15, 0.2) is 40.3 Å². The number of hydrogen-bond donors (Lipinski definition) is 3. The zero-order valence-corrected chi connectivity index (χ0v) is 35.1. The van der Waals surface area contributed by atoms with E-state index in [1.165, 1.54) is 26.2 Å². The van der Waals surface area contributed by atoms with Gasteiger partial charge in [-0.25, -0.2) is 14.4 Å². The van der Waals surface area contributed by atoms with Crippen LogP contribution in [0.1, 0.15) is 110 Å². The summed E-state index contributed by atoms with van der Waals surface area (Å²) >= 11 is 3.20. The second-order valence-corrected chi connectivity index (χ2v) is 12.8. The molecule has 3 N–H and O–H groups in total. The molecule has 55 heavy (non-hydrogen) atoms. The highest BCUT2D eigenvalue weighted by molar-refractivity contribution is 9.10. The van der Waals surface area contributed by atoms with Crippen LogP contribution in [0.3, 0.4) is 0 Å². The summed E-state index contributed by atoms with van der Waals surface area (Å²) in [4.78, 5) is 64.5. The normalized spacial score (nSPS) is 13.2. The number of benzene rings is 3. The Morgan fingerprint density at radius 2 is 1.24 bits per heavy atom. The number of carboxylic acid groups (broad SMARTS) is 1. The van der Waals surface area contributed by atoms with Crippen LogP contribution >= 0.6 is 15.9 Å². The van der Waals surface area contributed by atoms with E-state index in [0.717, 1.165) is 12.2 Å². The lowest BCUT2D eigenvalue weighted by Gasteiger charge is -2.21. The molecule has 0 radical (unpaired) electrons. The summed E-state index contributed by atoms with van der Waals surface area (Å²) < 4.78 is 22.1. The Kier molecular flexibility index (Phi) is 16.0. The van der Waals surface area contributed by atoms with Crippen LogP contribution < -0.4 is 14.2 Å². The lowest BCUT2D eigenvalue weighted by atomic mass is 9.93. The molecule has 13 heteroatoms. The van der Waals surface area contributed by atoms with E-state index < -0.39 is 41.3 Å². The minimum Gasteiger partial charge on any atom is -0.508 e. The predicted octanol–water partition coefficient (Wildman–Crippen LogP) is 9.14. The third kappa shape index (κ3) is 9.10. The smallest absolute Gasteiger partial charge is 0.347 e. The number of halogens is 1. The number of carboxylic acids is 1. The van der Waals surface area contributed by atoms with Crippen LogP contribution in [-0.4, -0.2) is 52.1 Å². The topological polar surface area (TPSA) is 183 Å². The third-order valence-electron chi connectivity index (χ3n) is 9.25. The molecule has 296 valence electrons. The van der Waals surface area contributed by atoms with Gasteiger partial charge in [-0.1, -0.05) is 34.6 Å². The fourth-order valence-corrected chi connectivity index (χ4v) is 6.61. The fourth-order valence-electron chi connectivity index (χ4n) is 6.04. The third-order valence-corrected chi connectivity index (χ3v) is 9.98. The molecule has 4 rings (SSSR count). The summed E-state index contributed by atoms with van der Waals surface area (Å²) in [5.74, 6) is -6.82. The lowest BCUT2D eigenvalue weighted by molar-refractivity contribution is -0.142. The number of phenolic OH excluding ortho intramolecular Hbond substituents is 1. The van der Waals surface area contributed by atoms with Crippen molar-refractivity contribution in [3.8, 4) is 23.0 Å². The van der Waals surface area contributed by atoms with E-state index in [2.05, 4.69) is 15.9 Å². The molecule has 0 fully saturated rings. The Balaban J connectivity index is 0.00000253. The molecule has 3 aromatic carbocycles. The maximum absolute atomic E-state index is 13.6. The second kappa shape index (κ2) is 19.2. The Morgan fingerprint density at radius 1 is 0.709 bits per heavy atom. The number of aromatic hydroxyl groups is 1. The molecule has 0 heterocycles. The van der Waals surface area contributed by atoms with Gasteiger partial charge in [-0.2, -0.15) is 0 Å².